The highest BCUT2D eigenvalue weighted by Crippen LogP contribution is 2.58. The molecule has 0 aliphatic carbocycles. The topological polar surface area (TPSA) is 26.3 Å². The van der Waals surface area contributed by atoms with Crippen LogP contribution in [0.15, 0.2) is 12.2 Å². The Morgan fingerprint density at radius 2 is 1.21 bits per heavy atom. The molecule has 0 aromatic heterocycles. The van der Waals surface area contributed by atoms with Gasteiger partial charge in [0, 0.05) is 10.6 Å². The van der Waals surface area contributed by atoms with Crippen LogP contribution in [-0.4, -0.2) is 14.3 Å². The minimum atomic E-state index is -2.43. The lowest BCUT2D eigenvalue weighted by atomic mass is 9.82. The summed E-state index contributed by atoms with van der Waals surface area (Å²) in [5, 5.41) is 0.119. The average Bonchev–Trinajstić information content (AvgIpc) is 2.49. The molecule has 0 bridgehead atoms. The molecule has 0 spiro atoms. The first kappa shape index (κ1) is 28.4. The fourth-order valence-electron chi connectivity index (χ4n) is 5.38. The fourth-order valence-corrected chi connectivity index (χ4v) is 12.2. The van der Waals surface area contributed by atoms with E-state index in [1.54, 1.807) is 6.92 Å². The van der Waals surface area contributed by atoms with Gasteiger partial charge in [-0.1, -0.05) is 82.2 Å². The lowest BCUT2D eigenvalue weighted by Crippen LogP contribution is -2.55. The molecule has 0 radical (unpaired) electrons. The predicted molar refractivity (Wildman–Crippen MR) is 132 cm³/mol. The van der Waals surface area contributed by atoms with Crippen molar-refractivity contribution in [1.82, 2.24) is 0 Å². The van der Waals surface area contributed by atoms with E-state index in [0.717, 1.165) is 37.8 Å². The van der Waals surface area contributed by atoms with Gasteiger partial charge in [-0.05, 0) is 67.9 Å². The van der Waals surface area contributed by atoms with Crippen LogP contribution in [0, 0.1) is 29.6 Å². The summed E-state index contributed by atoms with van der Waals surface area (Å²) in [5.74, 6) is 2.77. The molecular formula is C26H52O2Si. The van der Waals surface area contributed by atoms with Gasteiger partial charge in [0.1, 0.15) is 0 Å². The summed E-state index contributed by atoms with van der Waals surface area (Å²) in [7, 11) is -2.43. The van der Waals surface area contributed by atoms with E-state index in [-0.39, 0.29) is 11.0 Å². The largest absolute Gasteiger partial charge is 0.515 e. The summed E-state index contributed by atoms with van der Waals surface area (Å²) in [4.78, 5) is 13.0. The summed E-state index contributed by atoms with van der Waals surface area (Å²) in [6, 6.07) is 2.14. The molecule has 0 saturated heterocycles. The number of rotatable bonds is 14. The lowest BCUT2D eigenvalue weighted by molar-refractivity contribution is -0.131. The zero-order chi connectivity index (χ0) is 23.0. The summed E-state index contributed by atoms with van der Waals surface area (Å²) in [6.07, 6.45) is 4.61. The highest BCUT2D eigenvalue weighted by molar-refractivity contribution is 6.78. The first-order valence-electron chi connectivity index (χ1n) is 12.0. The SMILES string of the molecule is C=C(C)C(=O)O[Si](CCC(C)C)(CC(C)C)C(CC(C)C)(CC(C)C)CC(C)C. The fraction of sp³-hybridized carbons (Fsp3) is 0.885. The number of hydrogen-bond donors (Lipinski definition) is 0. The van der Waals surface area contributed by atoms with E-state index in [1.165, 1.54) is 0 Å². The molecule has 0 saturated carbocycles. The van der Waals surface area contributed by atoms with Crippen LogP contribution >= 0.6 is 0 Å². The van der Waals surface area contributed by atoms with Gasteiger partial charge >= 0.3 is 5.97 Å². The smallest absolute Gasteiger partial charge is 0.319 e. The Balaban J connectivity index is 6.76. The Morgan fingerprint density at radius 1 is 0.793 bits per heavy atom. The molecule has 0 aromatic rings. The molecule has 2 nitrogen and oxygen atoms in total. The van der Waals surface area contributed by atoms with Gasteiger partial charge in [0.05, 0.1) is 0 Å². The maximum absolute atomic E-state index is 13.0. The minimum Gasteiger partial charge on any atom is -0.515 e. The molecule has 0 aliphatic rings. The van der Waals surface area contributed by atoms with Crippen molar-refractivity contribution >= 4 is 14.3 Å². The van der Waals surface area contributed by atoms with Gasteiger partial charge in [0.2, 0.25) is 0 Å². The standard InChI is InChI=1S/C26H52O2Si/c1-19(2)13-14-29(18-23(9)10,28-25(27)24(11)12)26(15-20(3)4,16-21(5)6)17-22(7)8/h19-23H,11,13-18H2,1-10,12H3. The molecule has 29 heavy (non-hydrogen) atoms. The Morgan fingerprint density at radius 3 is 1.48 bits per heavy atom. The van der Waals surface area contributed by atoms with E-state index < -0.39 is 8.32 Å². The normalized spacial score (nSPS) is 14.9. The summed E-state index contributed by atoms with van der Waals surface area (Å²) in [5.41, 5.74) is 0.544. The molecule has 0 aromatic carbocycles. The third-order valence-electron chi connectivity index (χ3n) is 5.86. The van der Waals surface area contributed by atoms with Crippen LogP contribution in [0.3, 0.4) is 0 Å². The van der Waals surface area contributed by atoms with Crippen molar-refractivity contribution in [3.63, 3.8) is 0 Å². The van der Waals surface area contributed by atoms with Crippen LogP contribution < -0.4 is 0 Å². The van der Waals surface area contributed by atoms with Crippen LogP contribution in [0.1, 0.15) is 102 Å². The second kappa shape index (κ2) is 12.3. The second-order valence-electron chi connectivity index (χ2n) is 11.8. The zero-order valence-electron chi connectivity index (χ0n) is 21.7. The minimum absolute atomic E-state index is 0.119. The second-order valence-corrected chi connectivity index (χ2v) is 15.9. The van der Waals surface area contributed by atoms with E-state index in [1.807, 2.05) is 0 Å². The molecule has 172 valence electrons. The number of carbonyl (C=O) groups excluding carboxylic acids is 1. The van der Waals surface area contributed by atoms with E-state index in [9.17, 15) is 4.79 Å². The Labute approximate surface area is 184 Å². The van der Waals surface area contributed by atoms with Gasteiger partial charge in [-0.2, -0.15) is 0 Å². The quantitative estimate of drug-likeness (QED) is 0.206. The van der Waals surface area contributed by atoms with E-state index in [0.29, 0.717) is 35.2 Å². The molecule has 3 heteroatoms. The maximum atomic E-state index is 13.0. The first-order valence-corrected chi connectivity index (χ1v) is 14.4. The van der Waals surface area contributed by atoms with Crippen LogP contribution in [-0.2, 0) is 9.22 Å². The van der Waals surface area contributed by atoms with E-state index in [4.69, 9.17) is 4.43 Å². The van der Waals surface area contributed by atoms with Gasteiger partial charge < -0.3 is 4.43 Å². The van der Waals surface area contributed by atoms with Gasteiger partial charge in [0.15, 0.2) is 0 Å². The third kappa shape index (κ3) is 9.40. The zero-order valence-corrected chi connectivity index (χ0v) is 22.7. The van der Waals surface area contributed by atoms with E-state index >= 15 is 0 Å². The molecule has 0 heterocycles. The van der Waals surface area contributed by atoms with Crippen molar-refractivity contribution in [3.05, 3.63) is 12.2 Å². The molecule has 0 rings (SSSR count). The molecule has 1 atom stereocenters. The summed E-state index contributed by atoms with van der Waals surface area (Å²) >= 11 is 0. The third-order valence-corrected chi connectivity index (χ3v) is 11.6. The maximum Gasteiger partial charge on any atom is 0.319 e. The Bertz CT molecular complexity index is 478. The molecule has 1 unspecified atom stereocenters. The van der Waals surface area contributed by atoms with E-state index in [2.05, 4.69) is 75.8 Å². The van der Waals surface area contributed by atoms with Crippen molar-refractivity contribution < 1.29 is 9.22 Å². The van der Waals surface area contributed by atoms with Gasteiger partial charge in [-0.3, -0.25) is 0 Å². The van der Waals surface area contributed by atoms with Gasteiger partial charge in [-0.15, -0.1) is 0 Å². The summed E-state index contributed by atoms with van der Waals surface area (Å²) in [6.45, 7) is 29.0. The van der Waals surface area contributed by atoms with Crippen molar-refractivity contribution in [2.24, 2.45) is 29.6 Å². The first-order chi connectivity index (χ1) is 13.2. The number of carbonyl (C=O) groups is 1. The molecule has 0 fully saturated rings. The molecule has 0 N–H and O–H groups in total. The van der Waals surface area contributed by atoms with Crippen LogP contribution in [0.4, 0.5) is 0 Å². The highest BCUT2D eigenvalue weighted by Gasteiger charge is 2.57. The van der Waals surface area contributed by atoms with Crippen LogP contribution in [0.25, 0.3) is 0 Å². The van der Waals surface area contributed by atoms with Crippen molar-refractivity contribution in [2.45, 2.75) is 119 Å². The molecular weight excluding hydrogens is 372 g/mol. The van der Waals surface area contributed by atoms with Gasteiger partial charge in [-0.25, -0.2) is 4.79 Å². The van der Waals surface area contributed by atoms with Gasteiger partial charge in [0.25, 0.3) is 8.32 Å². The Hall–Kier alpha value is -0.573. The molecule has 0 amide bonds. The monoisotopic (exact) mass is 424 g/mol. The predicted octanol–water partition coefficient (Wildman–Crippen LogP) is 8.63. The highest BCUT2D eigenvalue weighted by atomic mass is 28.4. The van der Waals surface area contributed by atoms with Crippen LogP contribution in [0.2, 0.25) is 17.1 Å². The average molecular weight is 425 g/mol. The van der Waals surface area contributed by atoms with Crippen molar-refractivity contribution in [1.29, 1.82) is 0 Å². The number of hydrogen-bond acceptors (Lipinski definition) is 2. The molecule has 0 aliphatic heterocycles. The lowest BCUT2D eigenvalue weighted by Gasteiger charge is -2.52. The van der Waals surface area contributed by atoms with Crippen molar-refractivity contribution in [3.8, 4) is 0 Å². The van der Waals surface area contributed by atoms with Crippen LogP contribution in [0.5, 0.6) is 0 Å². The van der Waals surface area contributed by atoms with Crippen molar-refractivity contribution in [2.75, 3.05) is 0 Å². The Kier molecular flexibility index (Phi) is 12.1. The summed E-state index contributed by atoms with van der Waals surface area (Å²) < 4.78 is 6.73.